The predicted octanol–water partition coefficient (Wildman–Crippen LogP) is 0.555. The number of carbonyl (C=O) groups excluding carboxylic acids is 1. The molecule has 0 aromatic carbocycles. The van der Waals surface area contributed by atoms with Crippen LogP contribution in [0.2, 0.25) is 0 Å². The fourth-order valence-electron chi connectivity index (χ4n) is 4.91. The lowest BCUT2D eigenvalue weighted by molar-refractivity contribution is -0.132. The molecule has 5 nitrogen and oxygen atoms in total. The Balaban J connectivity index is 1.36. The molecule has 1 amide bonds. The molecular formula is C17H29N3O2. The van der Waals surface area contributed by atoms with Gasteiger partial charge in [-0.05, 0) is 43.7 Å². The maximum absolute atomic E-state index is 12.9. The molecular weight excluding hydrogens is 278 g/mol. The highest BCUT2D eigenvalue weighted by Crippen LogP contribution is 2.59. The maximum atomic E-state index is 12.9. The molecule has 1 N–H and O–H groups in total. The van der Waals surface area contributed by atoms with E-state index >= 15 is 0 Å². The van der Waals surface area contributed by atoms with Gasteiger partial charge in [0.25, 0.3) is 0 Å². The molecule has 3 heterocycles. The number of ether oxygens (including phenoxy) is 1. The van der Waals surface area contributed by atoms with Gasteiger partial charge in [-0.25, -0.2) is 0 Å². The summed E-state index contributed by atoms with van der Waals surface area (Å²) >= 11 is 0. The SMILES string of the molecule is CC1CN(C(=O)C2CC23CCNCC3)CC1N1CCOCC1. The van der Waals surface area contributed by atoms with E-state index in [4.69, 9.17) is 4.74 Å². The van der Waals surface area contributed by atoms with E-state index in [1.807, 2.05) is 0 Å². The summed E-state index contributed by atoms with van der Waals surface area (Å²) in [4.78, 5) is 17.6. The number of carbonyl (C=O) groups is 1. The van der Waals surface area contributed by atoms with E-state index in [2.05, 4.69) is 22.0 Å². The Hall–Kier alpha value is -0.650. The van der Waals surface area contributed by atoms with Crippen LogP contribution in [0.4, 0.5) is 0 Å². The fraction of sp³-hybridized carbons (Fsp3) is 0.941. The molecule has 3 atom stereocenters. The Morgan fingerprint density at radius 3 is 2.64 bits per heavy atom. The van der Waals surface area contributed by atoms with Crippen LogP contribution >= 0.6 is 0 Å². The van der Waals surface area contributed by atoms with E-state index in [1.165, 1.54) is 12.8 Å². The van der Waals surface area contributed by atoms with Crippen LogP contribution in [0.15, 0.2) is 0 Å². The average Bonchev–Trinajstić information content (AvgIpc) is 3.09. The first-order valence-corrected chi connectivity index (χ1v) is 9.01. The van der Waals surface area contributed by atoms with Crippen LogP contribution in [0.1, 0.15) is 26.2 Å². The first-order valence-electron chi connectivity index (χ1n) is 9.01. The Morgan fingerprint density at radius 2 is 1.91 bits per heavy atom. The van der Waals surface area contributed by atoms with E-state index in [9.17, 15) is 4.79 Å². The van der Waals surface area contributed by atoms with Crippen molar-refractivity contribution in [1.82, 2.24) is 15.1 Å². The number of piperidine rings is 1. The van der Waals surface area contributed by atoms with E-state index in [-0.39, 0.29) is 0 Å². The number of morpholine rings is 1. The lowest BCUT2D eigenvalue weighted by Crippen LogP contribution is -2.47. The van der Waals surface area contributed by atoms with Gasteiger partial charge in [0.2, 0.25) is 5.91 Å². The predicted molar refractivity (Wildman–Crippen MR) is 84.6 cm³/mol. The van der Waals surface area contributed by atoms with Crippen LogP contribution in [-0.2, 0) is 9.53 Å². The number of hydrogen-bond acceptors (Lipinski definition) is 4. The summed E-state index contributed by atoms with van der Waals surface area (Å²) in [6.45, 7) is 10.1. The molecule has 124 valence electrons. The van der Waals surface area contributed by atoms with Gasteiger partial charge in [-0.1, -0.05) is 6.92 Å². The second kappa shape index (κ2) is 5.77. The average molecular weight is 307 g/mol. The topological polar surface area (TPSA) is 44.8 Å². The summed E-state index contributed by atoms with van der Waals surface area (Å²) in [7, 11) is 0. The van der Waals surface area contributed by atoms with Crippen molar-refractivity contribution in [1.29, 1.82) is 0 Å². The van der Waals surface area contributed by atoms with Crippen LogP contribution < -0.4 is 5.32 Å². The van der Waals surface area contributed by atoms with E-state index in [1.54, 1.807) is 0 Å². The highest BCUT2D eigenvalue weighted by Gasteiger charge is 2.59. The summed E-state index contributed by atoms with van der Waals surface area (Å²) in [5.74, 6) is 1.36. The van der Waals surface area contributed by atoms with Gasteiger partial charge >= 0.3 is 0 Å². The largest absolute Gasteiger partial charge is 0.379 e. The molecule has 0 radical (unpaired) electrons. The quantitative estimate of drug-likeness (QED) is 0.809. The van der Waals surface area contributed by atoms with Crippen molar-refractivity contribution in [3.8, 4) is 0 Å². The summed E-state index contributed by atoms with van der Waals surface area (Å²) in [5, 5.41) is 3.42. The molecule has 5 heteroatoms. The van der Waals surface area contributed by atoms with Crippen molar-refractivity contribution in [2.75, 3.05) is 52.5 Å². The third-order valence-electron chi connectivity index (χ3n) is 6.49. The maximum Gasteiger partial charge on any atom is 0.226 e. The zero-order chi connectivity index (χ0) is 15.2. The first kappa shape index (κ1) is 14.9. The second-order valence-electron chi connectivity index (χ2n) is 7.81. The summed E-state index contributed by atoms with van der Waals surface area (Å²) < 4.78 is 5.46. The normalized spacial score (nSPS) is 38.4. The molecule has 4 aliphatic rings. The number of likely N-dealkylation sites (tertiary alicyclic amines) is 1. The third-order valence-corrected chi connectivity index (χ3v) is 6.49. The standard InChI is InChI=1S/C17H29N3O2/c1-13-11-20(12-15(13)19-6-8-22-9-7-19)16(21)14-10-17(14)2-4-18-5-3-17/h13-15,18H,2-12H2,1H3. The minimum Gasteiger partial charge on any atom is -0.379 e. The van der Waals surface area contributed by atoms with Gasteiger partial charge in [0, 0.05) is 38.1 Å². The Kier molecular flexibility index (Phi) is 3.91. The highest BCUT2D eigenvalue weighted by atomic mass is 16.5. The van der Waals surface area contributed by atoms with Crippen molar-refractivity contribution in [2.24, 2.45) is 17.3 Å². The summed E-state index contributed by atoms with van der Waals surface area (Å²) in [6, 6.07) is 0.538. The van der Waals surface area contributed by atoms with Crippen molar-refractivity contribution < 1.29 is 9.53 Å². The molecule has 4 rings (SSSR count). The van der Waals surface area contributed by atoms with Gasteiger partial charge < -0.3 is 15.0 Å². The Morgan fingerprint density at radius 1 is 1.18 bits per heavy atom. The molecule has 3 unspecified atom stereocenters. The van der Waals surface area contributed by atoms with Crippen molar-refractivity contribution in [2.45, 2.75) is 32.2 Å². The molecule has 0 aromatic heterocycles. The van der Waals surface area contributed by atoms with Crippen LogP contribution in [-0.4, -0.2) is 74.2 Å². The van der Waals surface area contributed by atoms with Gasteiger partial charge in [-0.3, -0.25) is 9.69 Å². The smallest absolute Gasteiger partial charge is 0.226 e. The minimum absolute atomic E-state index is 0.324. The van der Waals surface area contributed by atoms with Crippen LogP contribution in [0, 0.1) is 17.3 Å². The van der Waals surface area contributed by atoms with Gasteiger partial charge in [0.1, 0.15) is 0 Å². The molecule has 1 aliphatic carbocycles. The van der Waals surface area contributed by atoms with Crippen molar-refractivity contribution in [3.05, 3.63) is 0 Å². The zero-order valence-corrected chi connectivity index (χ0v) is 13.7. The van der Waals surface area contributed by atoms with Crippen LogP contribution in [0.3, 0.4) is 0 Å². The fourth-order valence-corrected chi connectivity index (χ4v) is 4.91. The number of nitrogens with zero attached hydrogens (tertiary/aromatic N) is 2. The molecule has 3 saturated heterocycles. The molecule has 22 heavy (non-hydrogen) atoms. The number of amides is 1. The number of nitrogens with one attached hydrogen (secondary N) is 1. The second-order valence-corrected chi connectivity index (χ2v) is 7.81. The number of hydrogen-bond donors (Lipinski definition) is 1. The molecule has 0 aromatic rings. The summed E-state index contributed by atoms with van der Waals surface area (Å²) in [5.41, 5.74) is 0.364. The van der Waals surface area contributed by atoms with E-state index in [0.717, 1.165) is 58.9 Å². The van der Waals surface area contributed by atoms with Crippen molar-refractivity contribution in [3.63, 3.8) is 0 Å². The molecule has 1 spiro atoms. The first-order chi connectivity index (χ1) is 10.7. The van der Waals surface area contributed by atoms with Crippen molar-refractivity contribution >= 4 is 5.91 Å². The van der Waals surface area contributed by atoms with E-state index in [0.29, 0.717) is 29.2 Å². The Labute approximate surface area is 133 Å². The van der Waals surface area contributed by atoms with Gasteiger partial charge in [0.05, 0.1) is 13.2 Å². The van der Waals surface area contributed by atoms with Crippen LogP contribution in [0.25, 0.3) is 0 Å². The van der Waals surface area contributed by atoms with Gasteiger partial charge in [0.15, 0.2) is 0 Å². The number of rotatable bonds is 2. The highest BCUT2D eigenvalue weighted by molar-refractivity contribution is 5.83. The molecule has 4 fully saturated rings. The van der Waals surface area contributed by atoms with Gasteiger partial charge in [-0.15, -0.1) is 0 Å². The van der Waals surface area contributed by atoms with Gasteiger partial charge in [-0.2, -0.15) is 0 Å². The minimum atomic E-state index is 0.324. The summed E-state index contributed by atoms with van der Waals surface area (Å²) in [6.07, 6.45) is 3.53. The monoisotopic (exact) mass is 307 g/mol. The zero-order valence-electron chi connectivity index (χ0n) is 13.7. The molecule has 1 saturated carbocycles. The van der Waals surface area contributed by atoms with E-state index < -0.39 is 0 Å². The Bertz CT molecular complexity index is 430. The lowest BCUT2D eigenvalue weighted by Gasteiger charge is -2.34. The lowest BCUT2D eigenvalue weighted by atomic mass is 9.91. The molecule has 0 bridgehead atoms. The van der Waals surface area contributed by atoms with Crippen LogP contribution in [0.5, 0.6) is 0 Å². The third kappa shape index (κ3) is 2.57. The molecule has 3 aliphatic heterocycles.